The van der Waals surface area contributed by atoms with E-state index in [1.54, 1.807) is 6.26 Å². The third-order valence-electron chi connectivity index (χ3n) is 3.71. The zero-order valence-electron chi connectivity index (χ0n) is 9.40. The summed E-state index contributed by atoms with van der Waals surface area (Å²) in [6, 6.07) is 2.33. The van der Waals surface area contributed by atoms with Crippen molar-refractivity contribution in [1.82, 2.24) is 10.2 Å². The van der Waals surface area contributed by atoms with Crippen LogP contribution in [-0.2, 0) is 0 Å². The topological polar surface area (TPSA) is 45.5 Å². The minimum Gasteiger partial charge on any atom is -0.459 e. The molecule has 3 rings (SSSR count). The van der Waals surface area contributed by atoms with Gasteiger partial charge in [-0.15, -0.1) is 0 Å². The Hall–Kier alpha value is -1.29. The quantitative estimate of drug-likeness (QED) is 0.768. The molecule has 0 aromatic carbocycles. The molecule has 2 fully saturated rings. The molecule has 2 aliphatic rings. The maximum Gasteiger partial charge on any atom is 0.289 e. The number of nitrogens with zero attached hydrogens (tertiary/aromatic N) is 1. The molecule has 1 N–H and O–H groups in total. The van der Waals surface area contributed by atoms with E-state index >= 15 is 0 Å². The number of hydrogen-bond acceptors (Lipinski definition) is 3. The molecule has 4 heteroatoms. The van der Waals surface area contributed by atoms with Gasteiger partial charge < -0.3 is 14.6 Å². The Labute approximate surface area is 94.6 Å². The SMILES string of the molecule is Cc1ccoc1C(=O)N1CC2CCNC2C1. The molecule has 16 heavy (non-hydrogen) atoms. The van der Waals surface area contributed by atoms with Crippen LogP contribution in [0.25, 0.3) is 0 Å². The molecule has 2 saturated heterocycles. The number of amides is 1. The summed E-state index contributed by atoms with van der Waals surface area (Å²) < 4.78 is 5.25. The highest BCUT2D eigenvalue weighted by Gasteiger charge is 2.38. The van der Waals surface area contributed by atoms with E-state index in [2.05, 4.69) is 5.32 Å². The summed E-state index contributed by atoms with van der Waals surface area (Å²) in [7, 11) is 0. The zero-order valence-corrected chi connectivity index (χ0v) is 9.40. The molecule has 1 amide bonds. The molecule has 0 radical (unpaired) electrons. The summed E-state index contributed by atoms with van der Waals surface area (Å²) in [4.78, 5) is 14.1. The fourth-order valence-electron chi connectivity index (χ4n) is 2.75. The summed E-state index contributed by atoms with van der Waals surface area (Å²) in [6.07, 6.45) is 2.77. The van der Waals surface area contributed by atoms with E-state index in [0.717, 1.165) is 25.2 Å². The van der Waals surface area contributed by atoms with Gasteiger partial charge in [-0.2, -0.15) is 0 Å². The Kier molecular flexibility index (Phi) is 2.24. The second-order valence-corrected chi connectivity index (χ2v) is 4.75. The van der Waals surface area contributed by atoms with Crippen molar-refractivity contribution in [3.05, 3.63) is 23.7 Å². The number of nitrogens with one attached hydrogen (secondary N) is 1. The van der Waals surface area contributed by atoms with E-state index in [4.69, 9.17) is 4.42 Å². The maximum atomic E-state index is 12.2. The molecule has 86 valence electrons. The molecule has 1 aromatic heterocycles. The van der Waals surface area contributed by atoms with E-state index < -0.39 is 0 Å². The summed E-state index contributed by atoms with van der Waals surface area (Å²) in [5.74, 6) is 1.18. The van der Waals surface area contributed by atoms with E-state index in [-0.39, 0.29) is 5.91 Å². The average Bonchev–Trinajstić information content (AvgIpc) is 2.89. The van der Waals surface area contributed by atoms with Crippen LogP contribution in [0.1, 0.15) is 22.5 Å². The van der Waals surface area contributed by atoms with Crippen LogP contribution >= 0.6 is 0 Å². The van der Waals surface area contributed by atoms with Crippen LogP contribution in [0, 0.1) is 12.8 Å². The van der Waals surface area contributed by atoms with Crippen molar-refractivity contribution in [2.45, 2.75) is 19.4 Å². The maximum absolute atomic E-state index is 12.2. The van der Waals surface area contributed by atoms with Gasteiger partial charge in [0, 0.05) is 24.7 Å². The van der Waals surface area contributed by atoms with E-state index in [1.165, 1.54) is 6.42 Å². The number of carbonyl (C=O) groups is 1. The third kappa shape index (κ3) is 1.45. The van der Waals surface area contributed by atoms with Crippen LogP contribution in [0.4, 0.5) is 0 Å². The normalized spacial score (nSPS) is 28.4. The predicted octanol–water partition coefficient (Wildman–Crippen LogP) is 1.02. The summed E-state index contributed by atoms with van der Waals surface area (Å²) in [5, 5.41) is 3.44. The standard InChI is InChI=1S/C12H16N2O2/c1-8-3-5-16-11(8)12(15)14-6-9-2-4-13-10(9)7-14/h3,5,9-10,13H,2,4,6-7H2,1H3. The highest BCUT2D eigenvalue weighted by atomic mass is 16.3. The molecule has 1 aromatic rings. The predicted molar refractivity (Wildman–Crippen MR) is 59.2 cm³/mol. The van der Waals surface area contributed by atoms with E-state index in [0.29, 0.717) is 17.7 Å². The van der Waals surface area contributed by atoms with Gasteiger partial charge in [-0.3, -0.25) is 4.79 Å². The number of rotatable bonds is 1. The Bertz CT molecular complexity index is 401. The molecule has 0 spiro atoms. The van der Waals surface area contributed by atoms with Gasteiger partial charge in [0.2, 0.25) is 0 Å². The minimum atomic E-state index is 0.0405. The number of fused-ring (bicyclic) bond motifs is 1. The third-order valence-corrected chi connectivity index (χ3v) is 3.71. The van der Waals surface area contributed by atoms with Crippen molar-refractivity contribution in [3.8, 4) is 0 Å². The molecule has 2 atom stereocenters. The Morgan fingerprint density at radius 3 is 3.12 bits per heavy atom. The van der Waals surface area contributed by atoms with Gasteiger partial charge in [0.25, 0.3) is 5.91 Å². The lowest BCUT2D eigenvalue weighted by atomic mass is 10.1. The molecule has 0 saturated carbocycles. The van der Waals surface area contributed by atoms with Gasteiger partial charge in [0.1, 0.15) is 0 Å². The Morgan fingerprint density at radius 1 is 1.56 bits per heavy atom. The second kappa shape index (κ2) is 3.63. The lowest BCUT2D eigenvalue weighted by molar-refractivity contribution is 0.0750. The number of furan rings is 1. The number of likely N-dealkylation sites (tertiary alicyclic amines) is 1. The molecule has 2 unspecified atom stereocenters. The Morgan fingerprint density at radius 2 is 2.44 bits per heavy atom. The van der Waals surface area contributed by atoms with Gasteiger partial charge >= 0.3 is 0 Å². The van der Waals surface area contributed by atoms with Crippen molar-refractivity contribution in [2.75, 3.05) is 19.6 Å². The van der Waals surface area contributed by atoms with Crippen molar-refractivity contribution in [3.63, 3.8) is 0 Å². The van der Waals surface area contributed by atoms with Crippen LogP contribution in [0.2, 0.25) is 0 Å². The first-order chi connectivity index (χ1) is 7.75. The summed E-state index contributed by atoms with van der Waals surface area (Å²) in [5.41, 5.74) is 0.926. The first-order valence-corrected chi connectivity index (χ1v) is 5.82. The smallest absolute Gasteiger partial charge is 0.289 e. The van der Waals surface area contributed by atoms with Crippen molar-refractivity contribution in [2.24, 2.45) is 5.92 Å². The van der Waals surface area contributed by atoms with Crippen LogP contribution in [0.5, 0.6) is 0 Å². The molecule has 2 aliphatic heterocycles. The monoisotopic (exact) mass is 220 g/mol. The summed E-state index contributed by atoms with van der Waals surface area (Å²) in [6.45, 7) is 4.70. The van der Waals surface area contributed by atoms with Gasteiger partial charge in [-0.1, -0.05) is 0 Å². The summed E-state index contributed by atoms with van der Waals surface area (Å²) >= 11 is 0. The molecule has 4 nitrogen and oxygen atoms in total. The van der Waals surface area contributed by atoms with Crippen LogP contribution < -0.4 is 5.32 Å². The van der Waals surface area contributed by atoms with Crippen molar-refractivity contribution >= 4 is 5.91 Å². The van der Waals surface area contributed by atoms with Gasteiger partial charge in [-0.05, 0) is 31.9 Å². The number of hydrogen-bond donors (Lipinski definition) is 1. The van der Waals surface area contributed by atoms with Crippen LogP contribution in [0.3, 0.4) is 0 Å². The van der Waals surface area contributed by atoms with E-state index in [1.807, 2.05) is 17.9 Å². The number of carbonyl (C=O) groups excluding carboxylic acids is 1. The fraction of sp³-hybridized carbons (Fsp3) is 0.583. The fourth-order valence-corrected chi connectivity index (χ4v) is 2.75. The number of aryl methyl sites for hydroxylation is 1. The first kappa shape index (κ1) is 9.90. The lowest BCUT2D eigenvalue weighted by Gasteiger charge is -2.16. The minimum absolute atomic E-state index is 0.0405. The highest BCUT2D eigenvalue weighted by molar-refractivity contribution is 5.93. The van der Waals surface area contributed by atoms with Gasteiger partial charge in [-0.25, -0.2) is 0 Å². The van der Waals surface area contributed by atoms with Crippen LogP contribution in [-0.4, -0.2) is 36.5 Å². The lowest BCUT2D eigenvalue weighted by Crippen LogP contribution is -2.34. The van der Waals surface area contributed by atoms with Crippen LogP contribution in [0.15, 0.2) is 16.7 Å². The highest BCUT2D eigenvalue weighted by Crippen LogP contribution is 2.26. The second-order valence-electron chi connectivity index (χ2n) is 4.75. The van der Waals surface area contributed by atoms with Gasteiger partial charge in [0.05, 0.1) is 6.26 Å². The molecule has 3 heterocycles. The van der Waals surface area contributed by atoms with Gasteiger partial charge in [0.15, 0.2) is 5.76 Å². The molecular weight excluding hydrogens is 204 g/mol. The largest absolute Gasteiger partial charge is 0.459 e. The van der Waals surface area contributed by atoms with E-state index in [9.17, 15) is 4.79 Å². The Balaban J connectivity index is 1.75. The molecule has 0 bridgehead atoms. The molecular formula is C12H16N2O2. The average molecular weight is 220 g/mol. The zero-order chi connectivity index (χ0) is 11.1. The van der Waals surface area contributed by atoms with Crippen molar-refractivity contribution < 1.29 is 9.21 Å². The molecule has 0 aliphatic carbocycles. The first-order valence-electron chi connectivity index (χ1n) is 5.82. The van der Waals surface area contributed by atoms with Crippen molar-refractivity contribution in [1.29, 1.82) is 0 Å².